The van der Waals surface area contributed by atoms with E-state index in [1.807, 2.05) is 13.8 Å². The van der Waals surface area contributed by atoms with Gasteiger partial charge in [0, 0.05) is 44.0 Å². The molecule has 0 amide bonds. The van der Waals surface area contributed by atoms with Crippen LogP contribution in [-0.2, 0) is 16.0 Å². The van der Waals surface area contributed by atoms with Crippen molar-refractivity contribution in [3.8, 4) is 0 Å². The van der Waals surface area contributed by atoms with Gasteiger partial charge in [0.15, 0.2) is 0 Å². The number of nitrogens with zero attached hydrogens (tertiary/aromatic N) is 1. The summed E-state index contributed by atoms with van der Waals surface area (Å²) in [5.74, 6) is -0.119. The van der Waals surface area contributed by atoms with Gasteiger partial charge in [0.25, 0.3) is 0 Å². The average Bonchev–Trinajstić information content (AvgIpc) is 2.69. The Kier molecular flexibility index (Phi) is 4.99. The van der Waals surface area contributed by atoms with Crippen LogP contribution in [0.3, 0.4) is 0 Å². The number of nitrogens with one attached hydrogen (secondary N) is 2. The topological polar surface area (TPSA) is 57.4 Å². The molecule has 2 heterocycles. The minimum atomic E-state index is -0.119. The van der Waals surface area contributed by atoms with Gasteiger partial charge in [0.2, 0.25) is 0 Å². The molecule has 0 unspecified atom stereocenters. The first-order chi connectivity index (χ1) is 9.15. The number of aromatic amines is 1. The number of rotatable bonds is 5. The second-order valence-corrected chi connectivity index (χ2v) is 5.10. The van der Waals surface area contributed by atoms with Crippen LogP contribution in [-0.4, -0.2) is 55.2 Å². The highest BCUT2D eigenvalue weighted by Gasteiger charge is 2.14. The van der Waals surface area contributed by atoms with E-state index in [0.717, 1.165) is 44.0 Å². The summed E-state index contributed by atoms with van der Waals surface area (Å²) >= 11 is 0. The van der Waals surface area contributed by atoms with E-state index in [-0.39, 0.29) is 5.97 Å². The monoisotopic (exact) mass is 265 g/mol. The summed E-state index contributed by atoms with van der Waals surface area (Å²) < 4.78 is 5.30. The van der Waals surface area contributed by atoms with Crippen molar-refractivity contribution < 1.29 is 9.53 Å². The molecule has 1 aromatic heterocycles. The van der Waals surface area contributed by atoms with Gasteiger partial charge >= 0.3 is 5.97 Å². The van der Waals surface area contributed by atoms with Crippen LogP contribution < -0.4 is 5.32 Å². The fraction of sp³-hybridized carbons (Fsp3) is 0.643. The Labute approximate surface area is 114 Å². The maximum atomic E-state index is 11.7. The number of H-pyrrole nitrogens is 1. The van der Waals surface area contributed by atoms with Crippen molar-refractivity contribution in [3.05, 3.63) is 23.0 Å². The Hall–Kier alpha value is -1.33. The number of aryl methyl sites for hydroxylation is 2. The van der Waals surface area contributed by atoms with Crippen molar-refractivity contribution >= 4 is 5.97 Å². The summed E-state index contributed by atoms with van der Waals surface area (Å²) in [6, 6.07) is 2.11. The molecule has 1 saturated heterocycles. The fourth-order valence-corrected chi connectivity index (χ4v) is 2.41. The lowest BCUT2D eigenvalue weighted by atomic mass is 10.2. The first-order valence-corrected chi connectivity index (χ1v) is 6.89. The Bertz CT molecular complexity index is 422. The number of carbonyl (C=O) groups excluding carboxylic acids is 1. The van der Waals surface area contributed by atoms with Gasteiger partial charge in [-0.1, -0.05) is 0 Å². The summed E-state index contributed by atoms with van der Waals surface area (Å²) in [5.41, 5.74) is 3.54. The van der Waals surface area contributed by atoms with Gasteiger partial charge in [0.05, 0.1) is 13.2 Å². The lowest BCUT2D eigenvalue weighted by molar-refractivity contribution is -0.145. The van der Waals surface area contributed by atoms with Gasteiger partial charge in [0.1, 0.15) is 0 Å². The Morgan fingerprint density at radius 2 is 2.11 bits per heavy atom. The van der Waals surface area contributed by atoms with E-state index >= 15 is 0 Å². The van der Waals surface area contributed by atoms with Crippen molar-refractivity contribution in [2.75, 3.05) is 39.3 Å². The van der Waals surface area contributed by atoms with Gasteiger partial charge in [-0.15, -0.1) is 0 Å². The highest BCUT2D eigenvalue weighted by atomic mass is 16.5. The van der Waals surface area contributed by atoms with Gasteiger partial charge in [-0.2, -0.15) is 0 Å². The third-order valence-electron chi connectivity index (χ3n) is 3.45. The van der Waals surface area contributed by atoms with Crippen molar-refractivity contribution in [1.29, 1.82) is 0 Å². The second-order valence-electron chi connectivity index (χ2n) is 5.10. The average molecular weight is 265 g/mol. The van der Waals surface area contributed by atoms with Gasteiger partial charge in [-0.3, -0.25) is 9.69 Å². The largest absolute Gasteiger partial charge is 0.464 e. The van der Waals surface area contributed by atoms with Crippen LogP contribution in [0.15, 0.2) is 6.07 Å². The quantitative estimate of drug-likeness (QED) is 0.766. The molecule has 1 aliphatic heterocycles. The summed E-state index contributed by atoms with van der Waals surface area (Å²) in [6.45, 7) is 8.70. The molecule has 0 atom stereocenters. The smallest absolute Gasteiger partial charge is 0.320 e. The molecule has 2 rings (SSSR count). The molecule has 1 aromatic rings. The van der Waals surface area contributed by atoms with Gasteiger partial charge in [-0.05, 0) is 25.5 Å². The number of piperazine rings is 1. The lowest BCUT2D eigenvalue weighted by Crippen LogP contribution is -2.45. The molecule has 0 radical (unpaired) electrons. The maximum Gasteiger partial charge on any atom is 0.320 e. The first-order valence-electron chi connectivity index (χ1n) is 6.89. The normalized spacial score (nSPS) is 16.5. The second kappa shape index (κ2) is 6.73. The molecule has 19 heavy (non-hydrogen) atoms. The molecular weight excluding hydrogens is 242 g/mol. The van der Waals surface area contributed by atoms with Crippen LogP contribution in [0, 0.1) is 13.8 Å². The van der Waals surface area contributed by atoms with Crippen LogP contribution >= 0.6 is 0 Å². The third-order valence-corrected chi connectivity index (χ3v) is 3.45. The summed E-state index contributed by atoms with van der Waals surface area (Å²) in [5, 5.41) is 3.26. The molecule has 5 heteroatoms. The molecule has 0 bridgehead atoms. The number of ether oxygens (including phenoxy) is 1. The third kappa shape index (κ3) is 4.36. The van der Waals surface area contributed by atoms with Crippen molar-refractivity contribution in [3.63, 3.8) is 0 Å². The summed E-state index contributed by atoms with van der Waals surface area (Å²) in [7, 11) is 0. The maximum absolute atomic E-state index is 11.7. The van der Waals surface area contributed by atoms with Crippen LogP contribution in [0.25, 0.3) is 0 Å². The van der Waals surface area contributed by atoms with E-state index in [4.69, 9.17) is 4.74 Å². The van der Waals surface area contributed by atoms with E-state index in [9.17, 15) is 4.79 Å². The summed E-state index contributed by atoms with van der Waals surface area (Å²) in [6.07, 6.45) is 0.781. The fourth-order valence-electron chi connectivity index (χ4n) is 2.41. The van der Waals surface area contributed by atoms with Crippen LogP contribution in [0.5, 0.6) is 0 Å². The minimum absolute atomic E-state index is 0.119. The zero-order chi connectivity index (χ0) is 13.7. The molecule has 0 spiro atoms. The molecule has 5 nitrogen and oxygen atoms in total. The predicted molar refractivity (Wildman–Crippen MR) is 74.2 cm³/mol. The van der Waals surface area contributed by atoms with Crippen molar-refractivity contribution in [2.45, 2.75) is 20.3 Å². The number of hydrogen-bond acceptors (Lipinski definition) is 4. The highest BCUT2D eigenvalue weighted by molar-refractivity contribution is 5.71. The zero-order valence-electron chi connectivity index (χ0n) is 11.8. The molecule has 0 aromatic carbocycles. The van der Waals surface area contributed by atoms with E-state index in [1.54, 1.807) is 0 Å². The SMILES string of the molecule is Cc1cc(CCOC(=O)CN2CCNCC2)c(C)[nH]1. The van der Waals surface area contributed by atoms with Crippen molar-refractivity contribution in [1.82, 2.24) is 15.2 Å². The van der Waals surface area contributed by atoms with Crippen LogP contribution in [0.4, 0.5) is 0 Å². The highest BCUT2D eigenvalue weighted by Crippen LogP contribution is 2.09. The van der Waals surface area contributed by atoms with Gasteiger partial charge in [-0.25, -0.2) is 0 Å². The van der Waals surface area contributed by atoms with E-state index in [2.05, 4.69) is 21.3 Å². The lowest BCUT2D eigenvalue weighted by Gasteiger charge is -2.25. The minimum Gasteiger partial charge on any atom is -0.464 e. The predicted octanol–water partition coefficient (Wildman–Crippen LogP) is 0.622. The zero-order valence-corrected chi connectivity index (χ0v) is 11.8. The van der Waals surface area contributed by atoms with Gasteiger partial charge < -0.3 is 15.0 Å². The molecular formula is C14H23N3O2. The number of carbonyl (C=O) groups is 1. The molecule has 2 N–H and O–H groups in total. The Morgan fingerprint density at radius 1 is 1.37 bits per heavy atom. The number of esters is 1. The Balaban J connectivity index is 1.67. The van der Waals surface area contributed by atoms with Crippen LogP contribution in [0.2, 0.25) is 0 Å². The van der Waals surface area contributed by atoms with E-state index in [1.165, 1.54) is 5.56 Å². The molecule has 0 aliphatic carbocycles. The standard InChI is InChI=1S/C14H23N3O2/c1-11-9-13(12(2)16-11)3-8-19-14(18)10-17-6-4-15-5-7-17/h9,15-16H,3-8,10H2,1-2H3. The number of hydrogen-bond donors (Lipinski definition) is 2. The molecule has 0 saturated carbocycles. The van der Waals surface area contributed by atoms with Crippen LogP contribution in [0.1, 0.15) is 17.0 Å². The molecule has 1 fully saturated rings. The molecule has 106 valence electrons. The Morgan fingerprint density at radius 3 is 2.74 bits per heavy atom. The van der Waals surface area contributed by atoms with E-state index < -0.39 is 0 Å². The molecule has 1 aliphatic rings. The summed E-state index contributed by atoms with van der Waals surface area (Å²) in [4.78, 5) is 17.1. The first kappa shape index (κ1) is 14.1. The number of aromatic nitrogens is 1. The van der Waals surface area contributed by atoms with Crippen molar-refractivity contribution in [2.24, 2.45) is 0 Å². The van der Waals surface area contributed by atoms with E-state index in [0.29, 0.717) is 13.2 Å².